The van der Waals surface area contributed by atoms with E-state index in [0.717, 1.165) is 12.8 Å². The fourth-order valence-corrected chi connectivity index (χ4v) is 2.35. The minimum absolute atomic E-state index is 0.109. The van der Waals surface area contributed by atoms with Crippen LogP contribution in [0.4, 0.5) is 13.2 Å². The summed E-state index contributed by atoms with van der Waals surface area (Å²) in [5, 5.41) is 19.2. The minimum Gasteiger partial charge on any atom is -0.475 e. The number of alkyl halides is 3. The Morgan fingerprint density at radius 2 is 2.00 bits per heavy atom. The van der Waals surface area contributed by atoms with E-state index >= 15 is 0 Å². The van der Waals surface area contributed by atoms with Gasteiger partial charge in [-0.05, 0) is 18.3 Å². The van der Waals surface area contributed by atoms with Crippen molar-refractivity contribution in [3.05, 3.63) is 0 Å². The number of carbonyl (C=O) groups excluding carboxylic acids is 1. The molecule has 1 unspecified atom stereocenters. The summed E-state index contributed by atoms with van der Waals surface area (Å²) >= 11 is 0. The molecule has 0 aromatic carbocycles. The number of esters is 1. The molecule has 1 heterocycles. The van der Waals surface area contributed by atoms with Crippen LogP contribution in [0.5, 0.6) is 0 Å². The van der Waals surface area contributed by atoms with Crippen LogP contribution < -0.4 is 5.32 Å². The van der Waals surface area contributed by atoms with Crippen molar-refractivity contribution in [3.8, 4) is 6.07 Å². The molecular formula is C13H19F3N2O4. The first kappa shape index (κ1) is 20.2. The topological polar surface area (TPSA) is 99.4 Å². The summed E-state index contributed by atoms with van der Waals surface area (Å²) in [6, 6.07) is 1.66. The number of nitrogens with one attached hydrogen (secondary N) is 1. The van der Waals surface area contributed by atoms with Gasteiger partial charge in [0.15, 0.2) is 0 Å². The molecule has 22 heavy (non-hydrogen) atoms. The Labute approximate surface area is 126 Å². The fourth-order valence-electron chi connectivity index (χ4n) is 2.35. The zero-order valence-corrected chi connectivity index (χ0v) is 12.5. The number of carboxylic acids is 1. The average Bonchev–Trinajstić information content (AvgIpc) is 2.74. The zero-order chi connectivity index (χ0) is 17.6. The number of aliphatic carboxylic acids is 1. The van der Waals surface area contributed by atoms with Crippen LogP contribution in [-0.2, 0) is 14.3 Å². The predicted molar refractivity (Wildman–Crippen MR) is 69.7 cm³/mol. The maximum atomic E-state index is 11.4. The van der Waals surface area contributed by atoms with Gasteiger partial charge in [-0.15, -0.1) is 0 Å². The first-order valence-corrected chi connectivity index (χ1v) is 6.55. The third-order valence-corrected chi connectivity index (χ3v) is 3.41. The monoisotopic (exact) mass is 324 g/mol. The lowest BCUT2D eigenvalue weighted by Crippen LogP contribution is -2.37. The average molecular weight is 324 g/mol. The number of ether oxygens (including phenoxy) is 1. The Kier molecular flexibility index (Phi) is 7.32. The molecule has 1 saturated heterocycles. The number of halogens is 3. The van der Waals surface area contributed by atoms with Crippen LogP contribution in [-0.4, -0.2) is 42.4 Å². The van der Waals surface area contributed by atoms with Gasteiger partial charge in [0.25, 0.3) is 0 Å². The molecule has 0 spiro atoms. The van der Waals surface area contributed by atoms with Gasteiger partial charge in [-0.3, -0.25) is 10.1 Å². The molecule has 1 rings (SSSR count). The third kappa shape index (κ3) is 5.52. The van der Waals surface area contributed by atoms with Crippen molar-refractivity contribution in [2.75, 3.05) is 7.11 Å². The number of carbonyl (C=O) groups is 2. The van der Waals surface area contributed by atoms with Crippen LogP contribution in [0, 0.1) is 16.7 Å². The summed E-state index contributed by atoms with van der Waals surface area (Å²) in [7, 11) is 1.38. The Hall–Kier alpha value is -1.82. The van der Waals surface area contributed by atoms with Gasteiger partial charge in [0.1, 0.15) is 12.1 Å². The summed E-state index contributed by atoms with van der Waals surface area (Å²) in [5.41, 5.74) is -0.109. The molecular weight excluding hydrogens is 305 g/mol. The maximum Gasteiger partial charge on any atom is 0.490 e. The van der Waals surface area contributed by atoms with Crippen molar-refractivity contribution in [3.63, 3.8) is 0 Å². The van der Waals surface area contributed by atoms with Gasteiger partial charge in [0.05, 0.1) is 13.2 Å². The minimum atomic E-state index is -5.08. The molecule has 6 nitrogen and oxygen atoms in total. The number of nitriles is 1. The number of hydrogen-bond acceptors (Lipinski definition) is 5. The van der Waals surface area contributed by atoms with Crippen molar-refractivity contribution in [1.82, 2.24) is 5.32 Å². The van der Waals surface area contributed by atoms with E-state index in [4.69, 9.17) is 15.2 Å². The lowest BCUT2D eigenvalue weighted by Gasteiger charge is -2.25. The van der Waals surface area contributed by atoms with Gasteiger partial charge in [-0.25, -0.2) is 4.79 Å². The van der Waals surface area contributed by atoms with E-state index < -0.39 is 12.1 Å². The van der Waals surface area contributed by atoms with E-state index in [-0.39, 0.29) is 23.5 Å². The molecule has 1 aliphatic rings. The SMILES string of the molecule is CCC[C@]1(C)C[C@@H](C(=O)OC)NC1C#N.O=C(O)C(F)(F)F. The number of nitrogens with zero attached hydrogens (tertiary/aromatic N) is 1. The quantitative estimate of drug-likeness (QED) is 0.769. The van der Waals surface area contributed by atoms with Crippen molar-refractivity contribution in [1.29, 1.82) is 5.26 Å². The molecule has 2 N–H and O–H groups in total. The molecule has 1 aliphatic heterocycles. The lowest BCUT2D eigenvalue weighted by molar-refractivity contribution is -0.192. The van der Waals surface area contributed by atoms with Gasteiger partial charge < -0.3 is 9.84 Å². The molecule has 0 amide bonds. The second-order valence-electron chi connectivity index (χ2n) is 5.22. The van der Waals surface area contributed by atoms with Crippen LogP contribution in [0.3, 0.4) is 0 Å². The summed E-state index contributed by atoms with van der Waals surface area (Å²) < 4.78 is 36.4. The molecule has 1 fully saturated rings. The highest BCUT2D eigenvalue weighted by atomic mass is 19.4. The summed E-state index contributed by atoms with van der Waals surface area (Å²) in [6.45, 7) is 4.14. The van der Waals surface area contributed by atoms with Crippen LogP contribution in [0.25, 0.3) is 0 Å². The number of methoxy groups -OCH3 is 1. The first-order valence-electron chi connectivity index (χ1n) is 6.55. The number of rotatable bonds is 3. The third-order valence-electron chi connectivity index (χ3n) is 3.41. The van der Waals surface area contributed by atoms with E-state index in [9.17, 15) is 18.0 Å². The zero-order valence-electron chi connectivity index (χ0n) is 12.5. The van der Waals surface area contributed by atoms with Crippen molar-refractivity contribution >= 4 is 11.9 Å². The van der Waals surface area contributed by atoms with Gasteiger partial charge in [0.2, 0.25) is 0 Å². The van der Waals surface area contributed by atoms with Gasteiger partial charge in [0, 0.05) is 0 Å². The van der Waals surface area contributed by atoms with Crippen LogP contribution >= 0.6 is 0 Å². The van der Waals surface area contributed by atoms with E-state index in [2.05, 4.69) is 30.0 Å². The van der Waals surface area contributed by atoms with E-state index in [1.54, 1.807) is 0 Å². The molecule has 0 aromatic heterocycles. The summed E-state index contributed by atoms with van der Waals surface area (Å²) in [4.78, 5) is 20.3. The normalized spacial score (nSPS) is 27.3. The van der Waals surface area contributed by atoms with Gasteiger partial charge in [-0.2, -0.15) is 18.4 Å². The summed E-state index contributed by atoms with van der Waals surface area (Å²) in [6.07, 6.45) is -2.43. The molecule has 0 aromatic rings. The highest BCUT2D eigenvalue weighted by Crippen LogP contribution is 2.38. The Morgan fingerprint density at radius 3 is 2.32 bits per heavy atom. The largest absolute Gasteiger partial charge is 0.490 e. The van der Waals surface area contributed by atoms with Gasteiger partial charge >= 0.3 is 18.1 Å². The molecule has 0 radical (unpaired) electrons. The number of hydrogen-bond donors (Lipinski definition) is 2. The molecule has 0 bridgehead atoms. The fraction of sp³-hybridized carbons (Fsp3) is 0.769. The molecule has 9 heteroatoms. The maximum absolute atomic E-state index is 11.4. The van der Waals surface area contributed by atoms with Crippen LogP contribution in [0.2, 0.25) is 0 Å². The first-order chi connectivity index (χ1) is 10.0. The van der Waals surface area contributed by atoms with Crippen LogP contribution in [0.15, 0.2) is 0 Å². The molecule has 0 saturated carbocycles. The molecule has 3 atom stereocenters. The second-order valence-corrected chi connectivity index (χ2v) is 5.22. The Bertz CT molecular complexity index is 448. The van der Waals surface area contributed by atoms with Gasteiger partial charge in [-0.1, -0.05) is 20.3 Å². The highest BCUT2D eigenvalue weighted by Gasteiger charge is 2.46. The Morgan fingerprint density at radius 1 is 1.50 bits per heavy atom. The number of carboxylic acid groups (broad SMARTS) is 1. The summed E-state index contributed by atoms with van der Waals surface area (Å²) in [5.74, 6) is -3.03. The predicted octanol–water partition coefficient (Wildman–Crippen LogP) is 1.85. The van der Waals surface area contributed by atoms with Crippen LogP contribution in [0.1, 0.15) is 33.1 Å². The van der Waals surface area contributed by atoms with E-state index in [1.165, 1.54) is 7.11 Å². The van der Waals surface area contributed by atoms with Crippen molar-refractivity contribution < 1.29 is 32.6 Å². The van der Waals surface area contributed by atoms with E-state index in [0.29, 0.717) is 6.42 Å². The highest BCUT2D eigenvalue weighted by molar-refractivity contribution is 5.76. The smallest absolute Gasteiger partial charge is 0.475 e. The lowest BCUT2D eigenvalue weighted by atomic mass is 9.78. The van der Waals surface area contributed by atoms with E-state index in [1.807, 2.05) is 0 Å². The Balaban J connectivity index is 0.000000534. The van der Waals surface area contributed by atoms with Crippen molar-refractivity contribution in [2.24, 2.45) is 5.41 Å². The molecule has 0 aliphatic carbocycles. The van der Waals surface area contributed by atoms with Crippen molar-refractivity contribution in [2.45, 2.75) is 51.4 Å². The standard InChI is InChI=1S/C11H18N2O2.C2HF3O2/c1-4-5-11(2)6-8(10(14)15-3)13-9(11)7-12;3-2(4,5)1(6)7/h8-9,13H,4-6H2,1-3H3;(H,6,7)/t8-,9?,11+;/m0./s1. The second kappa shape index (κ2) is 7.98. The molecule has 126 valence electrons.